The first kappa shape index (κ1) is 14.1. The number of hydrogen-bond acceptors (Lipinski definition) is 4. The van der Waals surface area contributed by atoms with Crippen LogP contribution < -0.4 is 5.56 Å². The Bertz CT molecular complexity index is 641. The minimum absolute atomic E-state index is 0.212. The van der Waals surface area contributed by atoms with Crippen molar-refractivity contribution in [2.45, 2.75) is 30.6 Å². The SMILES string of the molecule is BC(B)(O)C1CCC(n2cc(C#C)c(=O)[nH]c2=S)O1. The topological polar surface area (TPSA) is 67.2 Å². The highest BCUT2D eigenvalue weighted by atomic mass is 32.1. The van der Waals surface area contributed by atoms with Crippen LogP contribution in [0.4, 0.5) is 0 Å². The predicted molar refractivity (Wildman–Crippen MR) is 79.0 cm³/mol. The molecule has 2 N–H and O–H groups in total. The molecule has 5 nitrogen and oxygen atoms in total. The van der Waals surface area contributed by atoms with Gasteiger partial charge in [0.1, 0.15) is 27.5 Å². The standard InChI is InChI=1S/C11H14B2N2O3S/c1-2-6-5-15(10(19)14-9(6)16)8-4-3-7(18-8)11(12,13)17/h1,5,7-8,17H,3-4,12-13H2,(H,14,16,19). The molecule has 0 bridgehead atoms. The first-order chi connectivity index (χ1) is 8.82. The van der Waals surface area contributed by atoms with Crippen LogP contribution in [0.2, 0.25) is 0 Å². The molecule has 1 aromatic heterocycles. The Balaban J connectivity index is 2.33. The van der Waals surface area contributed by atoms with E-state index < -0.39 is 5.40 Å². The van der Waals surface area contributed by atoms with Gasteiger partial charge in [-0.05, 0) is 25.1 Å². The molecule has 2 unspecified atom stereocenters. The third kappa shape index (κ3) is 2.84. The first-order valence-electron chi connectivity index (χ1n) is 6.03. The van der Waals surface area contributed by atoms with Gasteiger partial charge in [-0.15, -0.1) is 6.42 Å². The number of aromatic nitrogens is 2. The summed E-state index contributed by atoms with van der Waals surface area (Å²) in [6.07, 6.45) is 7.65. The molecule has 19 heavy (non-hydrogen) atoms. The second kappa shape index (κ2) is 5.00. The molecule has 98 valence electrons. The van der Waals surface area contributed by atoms with E-state index in [1.54, 1.807) is 20.3 Å². The highest BCUT2D eigenvalue weighted by molar-refractivity contribution is 7.71. The lowest BCUT2D eigenvalue weighted by Crippen LogP contribution is -2.43. The summed E-state index contributed by atoms with van der Waals surface area (Å²) >= 11 is 5.11. The molecule has 0 aliphatic carbocycles. The van der Waals surface area contributed by atoms with Crippen molar-refractivity contribution in [1.82, 2.24) is 9.55 Å². The van der Waals surface area contributed by atoms with Gasteiger partial charge in [-0.25, -0.2) is 0 Å². The molecule has 0 spiro atoms. The lowest BCUT2D eigenvalue weighted by atomic mass is 9.61. The molecular formula is C11H14B2N2O3S. The van der Waals surface area contributed by atoms with E-state index in [-0.39, 0.29) is 28.2 Å². The summed E-state index contributed by atoms with van der Waals surface area (Å²) in [5, 5.41) is 9.04. The second-order valence-electron chi connectivity index (χ2n) is 5.16. The van der Waals surface area contributed by atoms with Crippen molar-refractivity contribution < 1.29 is 9.84 Å². The summed E-state index contributed by atoms with van der Waals surface area (Å²) in [6.45, 7) is 0. The smallest absolute Gasteiger partial charge is 0.267 e. The Morgan fingerprint density at radius 2 is 2.32 bits per heavy atom. The van der Waals surface area contributed by atoms with Crippen LogP contribution in [0.5, 0.6) is 0 Å². The van der Waals surface area contributed by atoms with Crippen molar-refractivity contribution in [2.75, 3.05) is 0 Å². The highest BCUT2D eigenvalue weighted by Gasteiger charge is 2.36. The largest absolute Gasteiger partial charge is 0.405 e. The summed E-state index contributed by atoms with van der Waals surface area (Å²) in [5.41, 5.74) is -0.162. The van der Waals surface area contributed by atoms with E-state index in [1.165, 1.54) is 6.20 Å². The molecule has 0 saturated carbocycles. The maximum absolute atomic E-state index is 11.5. The molecule has 2 rings (SSSR count). The fourth-order valence-electron chi connectivity index (χ4n) is 2.15. The number of ether oxygens (including phenoxy) is 1. The van der Waals surface area contributed by atoms with E-state index in [1.807, 2.05) is 0 Å². The molecule has 1 saturated heterocycles. The summed E-state index contributed by atoms with van der Waals surface area (Å²) in [4.78, 5) is 14.0. The van der Waals surface area contributed by atoms with Crippen LogP contribution in [-0.2, 0) is 4.74 Å². The quantitative estimate of drug-likeness (QED) is 0.391. The van der Waals surface area contributed by atoms with Gasteiger partial charge in [-0.2, -0.15) is 0 Å². The Kier molecular flexibility index (Phi) is 3.72. The zero-order valence-electron chi connectivity index (χ0n) is 10.8. The number of nitrogens with zero attached hydrogens (tertiary/aromatic N) is 1. The number of rotatable bonds is 2. The zero-order chi connectivity index (χ0) is 14.2. The third-order valence-electron chi connectivity index (χ3n) is 3.22. The van der Waals surface area contributed by atoms with Crippen LogP contribution in [0.3, 0.4) is 0 Å². The predicted octanol–water partition coefficient (Wildman–Crippen LogP) is -1.52. The van der Waals surface area contributed by atoms with Crippen LogP contribution in [0.1, 0.15) is 24.6 Å². The lowest BCUT2D eigenvalue weighted by Gasteiger charge is -2.26. The monoisotopic (exact) mass is 276 g/mol. The van der Waals surface area contributed by atoms with Crippen molar-refractivity contribution in [3.8, 4) is 12.3 Å². The molecule has 2 atom stereocenters. The van der Waals surface area contributed by atoms with Gasteiger partial charge < -0.3 is 9.84 Å². The maximum atomic E-state index is 11.5. The summed E-state index contributed by atoms with van der Waals surface area (Å²) in [6, 6.07) is 0. The van der Waals surface area contributed by atoms with Gasteiger partial charge in [-0.1, -0.05) is 5.92 Å². The van der Waals surface area contributed by atoms with Crippen molar-refractivity contribution in [1.29, 1.82) is 0 Å². The number of nitrogens with one attached hydrogen (secondary N) is 1. The molecule has 1 aliphatic rings. The van der Waals surface area contributed by atoms with E-state index in [0.29, 0.717) is 6.42 Å². The second-order valence-corrected chi connectivity index (χ2v) is 5.55. The molecule has 1 aromatic rings. The average molecular weight is 276 g/mol. The molecule has 1 fully saturated rings. The number of terminal acetylenes is 1. The Morgan fingerprint density at radius 3 is 2.84 bits per heavy atom. The van der Waals surface area contributed by atoms with Crippen LogP contribution in [0.25, 0.3) is 0 Å². The van der Waals surface area contributed by atoms with Gasteiger partial charge in [0.25, 0.3) is 5.56 Å². The molecule has 0 amide bonds. The minimum Gasteiger partial charge on any atom is -0.405 e. The van der Waals surface area contributed by atoms with E-state index in [2.05, 4.69) is 10.9 Å². The highest BCUT2D eigenvalue weighted by Crippen LogP contribution is 2.31. The summed E-state index contributed by atoms with van der Waals surface area (Å²) in [7, 11) is 3.41. The Labute approximate surface area is 117 Å². The third-order valence-corrected chi connectivity index (χ3v) is 3.53. The normalized spacial score (nSPS) is 23.2. The van der Waals surface area contributed by atoms with Crippen LogP contribution in [0.15, 0.2) is 11.0 Å². The van der Waals surface area contributed by atoms with Crippen molar-refractivity contribution in [3.63, 3.8) is 0 Å². The van der Waals surface area contributed by atoms with E-state index in [9.17, 15) is 9.90 Å². The van der Waals surface area contributed by atoms with Gasteiger partial charge in [-0.3, -0.25) is 14.3 Å². The molecular weight excluding hydrogens is 262 g/mol. The lowest BCUT2D eigenvalue weighted by molar-refractivity contribution is -0.0496. The number of hydrogen-bond donors (Lipinski definition) is 2. The van der Waals surface area contributed by atoms with Gasteiger partial charge >= 0.3 is 0 Å². The van der Waals surface area contributed by atoms with Crippen molar-refractivity contribution in [3.05, 3.63) is 26.9 Å². The van der Waals surface area contributed by atoms with E-state index >= 15 is 0 Å². The average Bonchev–Trinajstić information content (AvgIpc) is 2.78. The number of aromatic amines is 1. The fourth-order valence-corrected chi connectivity index (χ4v) is 2.41. The molecule has 1 aliphatic heterocycles. The Hall–Kier alpha value is -1.29. The summed E-state index contributed by atoms with van der Waals surface area (Å²) < 4.78 is 7.69. The van der Waals surface area contributed by atoms with Crippen LogP contribution >= 0.6 is 12.2 Å². The van der Waals surface area contributed by atoms with Crippen molar-refractivity contribution >= 4 is 27.9 Å². The molecule has 8 heteroatoms. The number of aliphatic hydroxyl groups is 1. The molecule has 0 aromatic carbocycles. The molecule has 2 heterocycles. The summed E-state index contributed by atoms with van der Waals surface area (Å²) in [5.74, 6) is 2.31. The van der Waals surface area contributed by atoms with Gasteiger partial charge in [0.05, 0.1) is 6.10 Å². The van der Waals surface area contributed by atoms with Gasteiger partial charge in [0.15, 0.2) is 4.77 Å². The van der Waals surface area contributed by atoms with E-state index in [0.717, 1.165) is 6.42 Å². The van der Waals surface area contributed by atoms with Gasteiger partial charge in [0.2, 0.25) is 0 Å². The Morgan fingerprint density at radius 1 is 1.63 bits per heavy atom. The van der Waals surface area contributed by atoms with Crippen LogP contribution in [-0.4, -0.2) is 41.9 Å². The van der Waals surface area contributed by atoms with Crippen LogP contribution in [0, 0.1) is 17.1 Å². The van der Waals surface area contributed by atoms with Crippen molar-refractivity contribution in [2.24, 2.45) is 0 Å². The van der Waals surface area contributed by atoms with E-state index in [4.69, 9.17) is 23.4 Å². The van der Waals surface area contributed by atoms with Gasteiger partial charge in [0, 0.05) is 11.6 Å². The number of H-pyrrole nitrogens is 1. The first-order valence-corrected chi connectivity index (χ1v) is 6.43. The fraction of sp³-hybridized carbons (Fsp3) is 0.455. The zero-order valence-corrected chi connectivity index (χ0v) is 11.7. The maximum Gasteiger partial charge on any atom is 0.267 e. The molecule has 0 radical (unpaired) electrons. The minimum atomic E-state index is -0.909.